The molecule has 4 rings (SSSR count). The Hall–Kier alpha value is -2.83. The van der Waals surface area contributed by atoms with Crippen molar-refractivity contribution in [3.63, 3.8) is 0 Å². The van der Waals surface area contributed by atoms with E-state index < -0.39 is 5.56 Å². The van der Waals surface area contributed by atoms with Gasteiger partial charge in [-0.15, -0.1) is 0 Å². The van der Waals surface area contributed by atoms with Crippen molar-refractivity contribution < 1.29 is 4.79 Å². The SMILES string of the molecule is O=C1CCCN1Cc1ccc(CNc2cnn(-c3ccc(Cl)cc3)c(=O)c2Cl)cc1. The predicted octanol–water partition coefficient (Wildman–Crippen LogP) is 4.27. The maximum atomic E-state index is 12.6. The minimum absolute atomic E-state index is 0.0733. The van der Waals surface area contributed by atoms with Crippen molar-refractivity contribution in [3.8, 4) is 5.69 Å². The van der Waals surface area contributed by atoms with Gasteiger partial charge in [0.05, 0.1) is 17.6 Å². The van der Waals surface area contributed by atoms with E-state index in [9.17, 15) is 9.59 Å². The van der Waals surface area contributed by atoms with E-state index in [1.54, 1.807) is 24.3 Å². The highest BCUT2D eigenvalue weighted by Crippen LogP contribution is 2.19. The Morgan fingerprint density at radius 1 is 0.967 bits per heavy atom. The topological polar surface area (TPSA) is 67.2 Å². The molecular weight excluding hydrogens is 423 g/mol. The van der Waals surface area contributed by atoms with E-state index in [2.05, 4.69) is 10.4 Å². The highest BCUT2D eigenvalue weighted by molar-refractivity contribution is 6.33. The molecule has 1 fully saturated rings. The van der Waals surface area contributed by atoms with Gasteiger partial charge in [0.25, 0.3) is 5.56 Å². The second kappa shape index (κ2) is 8.90. The van der Waals surface area contributed by atoms with Gasteiger partial charge >= 0.3 is 0 Å². The highest BCUT2D eigenvalue weighted by Gasteiger charge is 2.19. The molecule has 0 saturated carbocycles. The van der Waals surface area contributed by atoms with Crippen LogP contribution in [0.15, 0.2) is 59.5 Å². The summed E-state index contributed by atoms with van der Waals surface area (Å²) in [5, 5.41) is 8.02. The van der Waals surface area contributed by atoms with Gasteiger partial charge < -0.3 is 10.2 Å². The average Bonchev–Trinajstić information content (AvgIpc) is 3.15. The smallest absolute Gasteiger partial charge is 0.292 e. The molecule has 1 amide bonds. The molecule has 1 aromatic heterocycles. The van der Waals surface area contributed by atoms with Crippen LogP contribution in [0, 0.1) is 0 Å². The van der Waals surface area contributed by atoms with Gasteiger partial charge in [0.15, 0.2) is 0 Å². The van der Waals surface area contributed by atoms with Gasteiger partial charge in [-0.2, -0.15) is 9.78 Å². The van der Waals surface area contributed by atoms with Crippen molar-refractivity contribution in [2.24, 2.45) is 0 Å². The number of hydrogen-bond donors (Lipinski definition) is 1. The lowest BCUT2D eigenvalue weighted by atomic mass is 10.1. The molecule has 0 aliphatic carbocycles. The van der Waals surface area contributed by atoms with Crippen molar-refractivity contribution in [3.05, 3.63) is 86.3 Å². The van der Waals surface area contributed by atoms with Gasteiger partial charge in [-0.1, -0.05) is 47.5 Å². The second-order valence-electron chi connectivity index (χ2n) is 7.15. The van der Waals surface area contributed by atoms with Crippen LogP contribution in [0.3, 0.4) is 0 Å². The molecule has 154 valence electrons. The summed E-state index contributed by atoms with van der Waals surface area (Å²) in [7, 11) is 0. The predicted molar refractivity (Wildman–Crippen MR) is 118 cm³/mol. The molecule has 30 heavy (non-hydrogen) atoms. The molecule has 2 heterocycles. The lowest BCUT2D eigenvalue weighted by Crippen LogP contribution is -2.23. The number of benzene rings is 2. The summed E-state index contributed by atoms with van der Waals surface area (Å²) in [6, 6.07) is 14.8. The number of carbonyl (C=O) groups is 1. The van der Waals surface area contributed by atoms with Crippen LogP contribution in [0.2, 0.25) is 10.0 Å². The Morgan fingerprint density at radius 3 is 2.33 bits per heavy atom. The Labute approximate surface area is 184 Å². The molecule has 2 aromatic carbocycles. The third-order valence-electron chi connectivity index (χ3n) is 5.04. The second-order valence-corrected chi connectivity index (χ2v) is 7.97. The van der Waals surface area contributed by atoms with Gasteiger partial charge in [0.1, 0.15) is 5.02 Å². The summed E-state index contributed by atoms with van der Waals surface area (Å²) in [5.41, 5.74) is 2.78. The number of hydrogen-bond acceptors (Lipinski definition) is 4. The van der Waals surface area contributed by atoms with Crippen molar-refractivity contribution in [2.45, 2.75) is 25.9 Å². The van der Waals surface area contributed by atoms with E-state index in [-0.39, 0.29) is 10.9 Å². The number of carbonyl (C=O) groups excluding carboxylic acids is 1. The van der Waals surface area contributed by atoms with E-state index in [1.807, 2.05) is 29.2 Å². The first-order chi connectivity index (χ1) is 14.5. The monoisotopic (exact) mass is 442 g/mol. The number of halogens is 2. The first-order valence-corrected chi connectivity index (χ1v) is 10.4. The van der Waals surface area contributed by atoms with E-state index in [0.717, 1.165) is 24.1 Å². The summed E-state index contributed by atoms with van der Waals surface area (Å²) in [6.07, 6.45) is 3.12. The van der Waals surface area contributed by atoms with E-state index >= 15 is 0 Å². The maximum absolute atomic E-state index is 12.6. The number of likely N-dealkylation sites (tertiary alicyclic amines) is 1. The van der Waals surface area contributed by atoms with Crippen LogP contribution in [0.5, 0.6) is 0 Å². The fraction of sp³-hybridized carbons (Fsp3) is 0.227. The van der Waals surface area contributed by atoms with Crippen molar-refractivity contribution in [2.75, 3.05) is 11.9 Å². The number of amides is 1. The zero-order valence-electron chi connectivity index (χ0n) is 16.1. The van der Waals surface area contributed by atoms with Crippen molar-refractivity contribution in [1.82, 2.24) is 14.7 Å². The Kier molecular flexibility index (Phi) is 6.06. The summed E-state index contributed by atoms with van der Waals surface area (Å²) >= 11 is 12.2. The largest absolute Gasteiger partial charge is 0.378 e. The van der Waals surface area contributed by atoms with Crippen LogP contribution >= 0.6 is 23.2 Å². The van der Waals surface area contributed by atoms with Crippen LogP contribution < -0.4 is 10.9 Å². The Morgan fingerprint density at radius 2 is 1.67 bits per heavy atom. The molecule has 1 aliphatic rings. The third kappa shape index (κ3) is 4.50. The Balaban J connectivity index is 1.42. The first-order valence-electron chi connectivity index (χ1n) is 9.64. The lowest BCUT2D eigenvalue weighted by molar-refractivity contribution is -0.128. The highest BCUT2D eigenvalue weighted by atomic mass is 35.5. The quantitative estimate of drug-likeness (QED) is 0.618. The molecule has 0 radical (unpaired) electrons. The van der Waals surface area contributed by atoms with Crippen LogP contribution in [0.4, 0.5) is 5.69 Å². The number of nitrogens with zero attached hydrogens (tertiary/aromatic N) is 3. The molecule has 0 unspecified atom stereocenters. The molecular formula is C22H20Cl2N4O2. The summed E-state index contributed by atoms with van der Waals surface area (Å²) in [5.74, 6) is 0.219. The van der Waals surface area contributed by atoms with Crippen LogP contribution in [-0.2, 0) is 17.9 Å². The number of aromatic nitrogens is 2. The van der Waals surface area contributed by atoms with Gasteiger partial charge in [-0.25, -0.2) is 0 Å². The van der Waals surface area contributed by atoms with E-state index in [4.69, 9.17) is 23.2 Å². The fourth-order valence-electron chi connectivity index (χ4n) is 3.37. The van der Waals surface area contributed by atoms with Crippen LogP contribution in [0.1, 0.15) is 24.0 Å². The van der Waals surface area contributed by atoms with Crippen LogP contribution in [0.25, 0.3) is 5.69 Å². The van der Waals surface area contributed by atoms with Gasteiger partial charge in [0, 0.05) is 31.1 Å². The minimum Gasteiger partial charge on any atom is -0.378 e. The standard InChI is InChI=1S/C22H20Cl2N4O2/c23-17-7-9-18(10-8-17)28-22(30)21(24)19(13-26-28)25-12-15-3-5-16(6-4-15)14-27-11-1-2-20(27)29/h3-10,13,25H,1-2,11-12,14H2. The molecule has 1 N–H and O–H groups in total. The third-order valence-corrected chi connectivity index (χ3v) is 5.66. The molecule has 8 heteroatoms. The normalized spacial score (nSPS) is 13.7. The molecule has 3 aromatic rings. The molecule has 0 atom stereocenters. The average molecular weight is 443 g/mol. The van der Waals surface area contributed by atoms with Crippen LogP contribution in [-0.4, -0.2) is 27.1 Å². The maximum Gasteiger partial charge on any atom is 0.292 e. The molecule has 1 saturated heterocycles. The number of nitrogens with one attached hydrogen (secondary N) is 1. The molecule has 0 spiro atoms. The summed E-state index contributed by atoms with van der Waals surface area (Å²) in [6.45, 7) is 1.97. The Bertz CT molecular complexity index is 1110. The molecule has 1 aliphatic heterocycles. The van der Waals surface area contributed by atoms with Crippen molar-refractivity contribution >= 4 is 34.8 Å². The number of rotatable bonds is 6. The summed E-state index contributed by atoms with van der Waals surface area (Å²) < 4.78 is 1.23. The molecule has 6 nitrogen and oxygen atoms in total. The fourth-order valence-corrected chi connectivity index (χ4v) is 3.70. The zero-order valence-corrected chi connectivity index (χ0v) is 17.7. The van der Waals surface area contributed by atoms with Crippen molar-refractivity contribution in [1.29, 1.82) is 0 Å². The van der Waals surface area contributed by atoms with E-state index in [0.29, 0.717) is 35.9 Å². The lowest BCUT2D eigenvalue weighted by Gasteiger charge is -2.16. The zero-order chi connectivity index (χ0) is 21.1. The van der Waals surface area contributed by atoms with E-state index in [1.165, 1.54) is 10.9 Å². The van der Waals surface area contributed by atoms with Gasteiger partial charge in [0.2, 0.25) is 5.91 Å². The van der Waals surface area contributed by atoms with Gasteiger partial charge in [-0.3, -0.25) is 9.59 Å². The van der Waals surface area contributed by atoms with Gasteiger partial charge in [-0.05, 0) is 41.8 Å². The number of anilines is 1. The minimum atomic E-state index is -0.408. The molecule has 0 bridgehead atoms. The first kappa shape index (κ1) is 20.4. The summed E-state index contributed by atoms with van der Waals surface area (Å²) in [4.78, 5) is 26.2.